The molecule has 0 spiro atoms. The lowest BCUT2D eigenvalue weighted by Crippen LogP contribution is -2.32. The summed E-state index contributed by atoms with van der Waals surface area (Å²) in [6, 6.07) is 8.65. The molecule has 0 unspecified atom stereocenters. The van der Waals surface area contributed by atoms with Crippen LogP contribution < -0.4 is 10.2 Å². The molecule has 0 saturated carbocycles. The Balaban J connectivity index is 1.57. The van der Waals surface area contributed by atoms with E-state index in [0.29, 0.717) is 48.2 Å². The van der Waals surface area contributed by atoms with Gasteiger partial charge in [-0.3, -0.25) is 0 Å². The van der Waals surface area contributed by atoms with Crippen molar-refractivity contribution in [2.24, 2.45) is 0 Å². The van der Waals surface area contributed by atoms with Gasteiger partial charge in [-0.2, -0.15) is 23.5 Å². The van der Waals surface area contributed by atoms with Crippen molar-refractivity contribution in [3.63, 3.8) is 0 Å². The molecular formula is C22H20F3N7O. The van der Waals surface area contributed by atoms with Gasteiger partial charge in [0, 0.05) is 17.8 Å². The fraction of sp³-hybridized carbons (Fsp3) is 0.318. The molecule has 0 atom stereocenters. The van der Waals surface area contributed by atoms with Crippen LogP contribution in [0.25, 0.3) is 0 Å². The molecule has 0 bridgehead atoms. The van der Waals surface area contributed by atoms with E-state index in [4.69, 9.17) is 5.26 Å². The zero-order valence-electron chi connectivity index (χ0n) is 17.8. The van der Waals surface area contributed by atoms with E-state index >= 15 is 0 Å². The summed E-state index contributed by atoms with van der Waals surface area (Å²) in [6.45, 7) is 3.96. The smallest absolute Gasteiger partial charge is 0.384 e. The highest BCUT2D eigenvalue weighted by Gasteiger charge is 2.34. The van der Waals surface area contributed by atoms with Gasteiger partial charge < -0.3 is 15.3 Å². The Morgan fingerprint density at radius 3 is 2.55 bits per heavy atom. The molecule has 4 rings (SSSR count). The number of alkyl halides is 3. The molecule has 33 heavy (non-hydrogen) atoms. The largest absolute Gasteiger partial charge is 0.417 e. The maximum absolute atomic E-state index is 13.3. The second-order valence-corrected chi connectivity index (χ2v) is 8.15. The number of nitrogens with one attached hydrogen (secondary N) is 1. The van der Waals surface area contributed by atoms with Crippen LogP contribution in [0, 0.1) is 11.3 Å². The number of aliphatic hydroxyl groups is 1. The van der Waals surface area contributed by atoms with Gasteiger partial charge in [0.1, 0.15) is 17.7 Å². The predicted octanol–water partition coefficient (Wildman–Crippen LogP) is 3.69. The number of nitriles is 1. The SMILES string of the molecule is CC(C)(O)c1ccc(Nc2ncnc3c2CCN(c2ccc(C#N)c(C(F)(F)F)c2)C3)nn1. The van der Waals surface area contributed by atoms with Crippen LogP contribution in [0.5, 0.6) is 0 Å². The van der Waals surface area contributed by atoms with Crippen LogP contribution in [0.2, 0.25) is 0 Å². The summed E-state index contributed by atoms with van der Waals surface area (Å²) in [5, 5.41) is 30.2. The number of benzene rings is 1. The van der Waals surface area contributed by atoms with Crippen molar-refractivity contribution in [3.05, 3.63) is 64.7 Å². The first kappa shape index (κ1) is 22.4. The second kappa shape index (κ2) is 8.29. The van der Waals surface area contributed by atoms with Gasteiger partial charge in [0.05, 0.1) is 35.1 Å². The summed E-state index contributed by atoms with van der Waals surface area (Å²) in [4.78, 5) is 10.4. The molecule has 3 heterocycles. The first-order valence-corrected chi connectivity index (χ1v) is 10.1. The van der Waals surface area contributed by atoms with Crippen molar-refractivity contribution in [1.82, 2.24) is 20.2 Å². The Labute approximate surface area is 187 Å². The molecule has 0 fully saturated rings. The minimum absolute atomic E-state index is 0.291. The first-order valence-electron chi connectivity index (χ1n) is 10.1. The van der Waals surface area contributed by atoms with Crippen LogP contribution in [0.3, 0.4) is 0 Å². The van der Waals surface area contributed by atoms with Crippen LogP contribution >= 0.6 is 0 Å². The van der Waals surface area contributed by atoms with E-state index in [2.05, 4.69) is 25.5 Å². The third-order valence-corrected chi connectivity index (χ3v) is 5.34. The molecule has 1 aliphatic heterocycles. The van der Waals surface area contributed by atoms with E-state index in [0.717, 1.165) is 11.6 Å². The topological polar surface area (TPSA) is 111 Å². The van der Waals surface area contributed by atoms with E-state index in [1.54, 1.807) is 36.9 Å². The number of rotatable bonds is 4. The van der Waals surface area contributed by atoms with Crippen LogP contribution in [0.4, 0.5) is 30.5 Å². The Morgan fingerprint density at radius 1 is 1.12 bits per heavy atom. The summed E-state index contributed by atoms with van der Waals surface area (Å²) in [5.41, 5.74) is -0.159. The molecule has 170 valence electrons. The standard InChI is InChI=1S/C22H20F3N7O/c1-21(2,33)18-5-6-19(31-30-18)29-20-15-7-8-32(11-17(15)27-12-28-20)14-4-3-13(10-26)16(9-14)22(23,24)25/h3-6,9,12,33H,7-8,11H2,1-2H3,(H,27,28,29,31). The van der Waals surface area contributed by atoms with E-state index < -0.39 is 22.9 Å². The molecule has 1 aliphatic rings. The van der Waals surface area contributed by atoms with E-state index in [1.165, 1.54) is 18.5 Å². The molecule has 11 heteroatoms. The van der Waals surface area contributed by atoms with Crippen molar-refractivity contribution in [1.29, 1.82) is 5.26 Å². The summed E-state index contributed by atoms with van der Waals surface area (Å²) < 4.78 is 40.0. The van der Waals surface area contributed by atoms with E-state index in [1.807, 2.05) is 0 Å². The average molecular weight is 455 g/mol. The molecule has 0 aliphatic carbocycles. The van der Waals surface area contributed by atoms with Crippen LogP contribution in [0.1, 0.15) is 41.9 Å². The van der Waals surface area contributed by atoms with E-state index in [9.17, 15) is 18.3 Å². The number of fused-ring (bicyclic) bond motifs is 1. The number of nitrogens with zero attached hydrogens (tertiary/aromatic N) is 6. The monoisotopic (exact) mass is 455 g/mol. The number of hydrogen-bond acceptors (Lipinski definition) is 8. The second-order valence-electron chi connectivity index (χ2n) is 8.15. The number of hydrogen-bond donors (Lipinski definition) is 2. The van der Waals surface area contributed by atoms with Gasteiger partial charge in [0.2, 0.25) is 0 Å². The average Bonchev–Trinajstić information content (AvgIpc) is 2.77. The first-order chi connectivity index (χ1) is 15.6. The van der Waals surface area contributed by atoms with Gasteiger partial charge >= 0.3 is 6.18 Å². The third kappa shape index (κ3) is 4.70. The van der Waals surface area contributed by atoms with Gasteiger partial charge in [0.25, 0.3) is 0 Å². The highest BCUT2D eigenvalue weighted by molar-refractivity contribution is 5.60. The number of anilines is 3. The summed E-state index contributed by atoms with van der Waals surface area (Å²) in [6.07, 6.45) is -2.74. The number of halogens is 3. The Kier molecular flexibility index (Phi) is 5.63. The zero-order chi connectivity index (χ0) is 23.8. The minimum atomic E-state index is -4.62. The van der Waals surface area contributed by atoms with Crippen molar-refractivity contribution < 1.29 is 18.3 Å². The zero-order valence-corrected chi connectivity index (χ0v) is 17.8. The van der Waals surface area contributed by atoms with Gasteiger partial charge in [-0.15, -0.1) is 5.10 Å². The Bertz CT molecular complexity index is 1210. The lowest BCUT2D eigenvalue weighted by atomic mass is 10.0. The molecule has 0 amide bonds. The lowest BCUT2D eigenvalue weighted by Gasteiger charge is -2.31. The molecular weight excluding hydrogens is 435 g/mol. The van der Waals surface area contributed by atoms with Crippen molar-refractivity contribution in [2.45, 2.75) is 38.6 Å². The summed E-state index contributed by atoms with van der Waals surface area (Å²) >= 11 is 0. The molecule has 3 aromatic rings. The van der Waals surface area contributed by atoms with Gasteiger partial charge in [-0.25, -0.2) is 9.97 Å². The fourth-order valence-corrected chi connectivity index (χ4v) is 3.59. The predicted molar refractivity (Wildman–Crippen MR) is 114 cm³/mol. The third-order valence-electron chi connectivity index (χ3n) is 5.34. The molecule has 2 N–H and O–H groups in total. The van der Waals surface area contributed by atoms with Gasteiger partial charge in [-0.1, -0.05) is 0 Å². The maximum Gasteiger partial charge on any atom is 0.417 e. The fourth-order valence-electron chi connectivity index (χ4n) is 3.59. The van der Waals surface area contributed by atoms with Gasteiger partial charge in [-0.05, 0) is 50.6 Å². The molecule has 0 saturated heterocycles. The minimum Gasteiger partial charge on any atom is -0.384 e. The maximum atomic E-state index is 13.3. The molecule has 8 nitrogen and oxygen atoms in total. The summed E-state index contributed by atoms with van der Waals surface area (Å²) in [7, 11) is 0. The van der Waals surface area contributed by atoms with Crippen molar-refractivity contribution in [2.75, 3.05) is 16.8 Å². The molecule has 1 aromatic carbocycles. The Morgan fingerprint density at radius 2 is 1.91 bits per heavy atom. The molecule has 0 radical (unpaired) electrons. The van der Waals surface area contributed by atoms with Crippen molar-refractivity contribution in [3.8, 4) is 6.07 Å². The lowest BCUT2D eigenvalue weighted by molar-refractivity contribution is -0.137. The number of aromatic nitrogens is 4. The highest BCUT2D eigenvalue weighted by atomic mass is 19.4. The highest BCUT2D eigenvalue weighted by Crippen LogP contribution is 2.36. The summed E-state index contributed by atoms with van der Waals surface area (Å²) in [5.74, 6) is 0.981. The quantitative estimate of drug-likeness (QED) is 0.613. The van der Waals surface area contributed by atoms with Crippen LogP contribution in [0.15, 0.2) is 36.7 Å². The Hall–Kier alpha value is -3.78. The van der Waals surface area contributed by atoms with Crippen LogP contribution in [-0.2, 0) is 24.7 Å². The van der Waals surface area contributed by atoms with Gasteiger partial charge in [0.15, 0.2) is 5.82 Å². The van der Waals surface area contributed by atoms with E-state index in [-0.39, 0.29) is 0 Å². The molecule has 2 aromatic heterocycles. The normalized spacial score (nSPS) is 13.9. The van der Waals surface area contributed by atoms with Crippen molar-refractivity contribution >= 4 is 17.3 Å². The van der Waals surface area contributed by atoms with Crippen LogP contribution in [-0.4, -0.2) is 31.8 Å².